The van der Waals surface area contributed by atoms with E-state index in [1.165, 1.54) is 13.2 Å². The summed E-state index contributed by atoms with van der Waals surface area (Å²) in [6.45, 7) is 1.90. The first-order chi connectivity index (χ1) is 9.49. The van der Waals surface area contributed by atoms with E-state index in [1.54, 1.807) is 7.11 Å². The fourth-order valence-electron chi connectivity index (χ4n) is 1.89. The second-order valence-corrected chi connectivity index (χ2v) is 4.88. The molecule has 0 amide bonds. The quantitative estimate of drug-likeness (QED) is 0.893. The summed E-state index contributed by atoms with van der Waals surface area (Å²) >= 11 is 3.48. The van der Waals surface area contributed by atoms with Crippen molar-refractivity contribution in [2.45, 2.75) is 6.92 Å². The molecule has 20 heavy (non-hydrogen) atoms. The van der Waals surface area contributed by atoms with Gasteiger partial charge < -0.3 is 14.6 Å². The Morgan fingerprint density at radius 3 is 2.55 bits per heavy atom. The number of carboxylic acid groups (broad SMARTS) is 1. The van der Waals surface area contributed by atoms with Crippen LogP contribution in [0.25, 0.3) is 11.3 Å². The number of aryl methyl sites for hydroxylation is 1. The Morgan fingerprint density at radius 1 is 1.35 bits per heavy atom. The van der Waals surface area contributed by atoms with Gasteiger partial charge in [-0.05, 0) is 40.5 Å². The maximum absolute atomic E-state index is 10.9. The third-order valence-corrected chi connectivity index (χ3v) is 3.87. The van der Waals surface area contributed by atoms with Crippen LogP contribution in [-0.2, 0) is 0 Å². The third-order valence-electron chi connectivity index (χ3n) is 2.85. The highest BCUT2D eigenvalue weighted by molar-refractivity contribution is 9.10. The van der Waals surface area contributed by atoms with Crippen molar-refractivity contribution < 1.29 is 19.4 Å². The zero-order chi connectivity index (χ0) is 14.9. The van der Waals surface area contributed by atoms with Crippen LogP contribution in [0.5, 0.6) is 11.5 Å². The van der Waals surface area contributed by atoms with Crippen molar-refractivity contribution in [3.8, 4) is 22.8 Å². The molecule has 7 heteroatoms. The fraction of sp³-hybridized carbons (Fsp3) is 0.231. The van der Waals surface area contributed by atoms with Crippen LogP contribution in [0.2, 0.25) is 0 Å². The van der Waals surface area contributed by atoms with Crippen LogP contribution in [0, 0.1) is 6.92 Å². The van der Waals surface area contributed by atoms with Gasteiger partial charge in [-0.25, -0.2) is 4.79 Å². The van der Waals surface area contributed by atoms with Gasteiger partial charge in [0, 0.05) is 4.47 Å². The van der Waals surface area contributed by atoms with Gasteiger partial charge in [0.05, 0.1) is 25.5 Å². The number of aromatic nitrogens is 2. The predicted molar refractivity (Wildman–Crippen MR) is 76.5 cm³/mol. The highest BCUT2D eigenvalue weighted by atomic mass is 79.9. The van der Waals surface area contributed by atoms with Gasteiger partial charge in [-0.2, -0.15) is 5.10 Å². The molecule has 0 saturated carbocycles. The van der Waals surface area contributed by atoms with Gasteiger partial charge in [0.15, 0.2) is 11.5 Å². The summed E-state index contributed by atoms with van der Waals surface area (Å²) in [5, 5.41) is 15.5. The Morgan fingerprint density at radius 2 is 2.05 bits per heavy atom. The number of aromatic carboxylic acids is 1. The first-order valence-electron chi connectivity index (χ1n) is 5.69. The smallest absolute Gasteiger partial charge is 0.353 e. The van der Waals surface area contributed by atoms with E-state index in [9.17, 15) is 4.79 Å². The number of hydrogen-bond donors (Lipinski definition) is 2. The number of hydrogen-bond acceptors (Lipinski definition) is 4. The molecular weight excluding hydrogens is 328 g/mol. The van der Waals surface area contributed by atoms with Crippen LogP contribution in [-0.4, -0.2) is 35.5 Å². The van der Waals surface area contributed by atoms with E-state index < -0.39 is 5.97 Å². The van der Waals surface area contributed by atoms with Crippen molar-refractivity contribution in [3.05, 3.63) is 27.9 Å². The van der Waals surface area contributed by atoms with E-state index in [0.717, 1.165) is 10.0 Å². The second-order valence-electron chi connectivity index (χ2n) is 4.09. The lowest BCUT2D eigenvalue weighted by molar-refractivity contribution is 0.0690. The van der Waals surface area contributed by atoms with E-state index in [4.69, 9.17) is 14.6 Å². The Labute approximate surface area is 123 Å². The maximum Gasteiger partial charge on any atom is 0.353 e. The molecule has 0 radical (unpaired) electrons. The molecule has 0 aliphatic carbocycles. The van der Waals surface area contributed by atoms with E-state index in [1.807, 2.05) is 13.0 Å². The number of halogens is 1. The topological polar surface area (TPSA) is 84.4 Å². The molecule has 0 unspecified atom stereocenters. The Balaban J connectivity index is 2.70. The highest BCUT2D eigenvalue weighted by Crippen LogP contribution is 2.44. The Bertz CT molecular complexity index is 667. The van der Waals surface area contributed by atoms with E-state index in [2.05, 4.69) is 26.1 Å². The molecule has 0 atom stereocenters. The fourth-order valence-corrected chi connectivity index (χ4v) is 2.39. The van der Waals surface area contributed by atoms with Crippen molar-refractivity contribution in [1.29, 1.82) is 0 Å². The van der Waals surface area contributed by atoms with Crippen LogP contribution in [0.3, 0.4) is 0 Å². The van der Waals surface area contributed by atoms with Crippen molar-refractivity contribution in [3.63, 3.8) is 0 Å². The predicted octanol–water partition coefficient (Wildman–Crippen LogP) is 2.86. The molecule has 0 spiro atoms. The number of H-pyrrole nitrogens is 1. The van der Waals surface area contributed by atoms with Gasteiger partial charge in [-0.15, -0.1) is 0 Å². The lowest BCUT2D eigenvalue weighted by Crippen LogP contribution is -1.96. The first-order valence-corrected chi connectivity index (χ1v) is 6.49. The molecular formula is C13H13BrN2O4. The number of methoxy groups -OCH3 is 2. The molecule has 2 rings (SSSR count). The number of nitrogens with one attached hydrogen (secondary N) is 1. The summed E-state index contributed by atoms with van der Waals surface area (Å²) in [5.74, 6) is -0.0186. The van der Waals surface area contributed by atoms with Gasteiger partial charge in [-0.3, -0.25) is 5.10 Å². The molecule has 0 aliphatic rings. The summed E-state index contributed by atoms with van der Waals surface area (Å²) in [6.07, 6.45) is 0. The molecule has 106 valence electrons. The lowest BCUT2D eigenvalue weighted by Gasteiger charge is -2.15. The van der Waals surface area contributed by atoms with E-state index in [0.29, 0.717) is 22.8 Å². The molecule has 1 aromatic heterocycles. The normalized spacial score (nSPS) is 10.4. The molecule has 0 aliphatic heterocycles. The zero-order valence-corrected chi connectivity index (χ0v) is 12.7. The van der Waals surface area contributed by atoms with Crippen LogP contribution in [0.1, 0.15) is 16.1 Å². The second kappa shape index (κ2) is 5.54. The number of benzene rings is 1. The molecule has 1 heterocycles. The van der Waals surface area contributed by atoms with Crippen LogP contribution >= 0.6 is 15.9 Å². The van der Waals surface area contributed by atoms with Crippen LogP contribution < -0.4 is 9.47 Å². The van der Waals surface area contributed by atoms with E-state index >= 15 is 0 Å². The summed E-state index contributed by atoms with van der Waals surface area (Å²) in [6, 6.07) is 3.28. The summed E-state index contributed by atoms with van der Waals surface area (Å²) in [5.41, 5.74) is 2.05. The first kappa shape index (κ1) is 14.4. The van der Waals surface area contributed by atoms with Gasteiger partial charge in [0.1, 0.15) is 5.69 Å². The lowest BCUT2D eigenvalue weighted by atomic mass is 10.1. The monoisotopic (exact) mass is 340 g/mol. The number of ether oxygens (including phenoxy) is 2. The third kappa shape index (κ3) is 2.36. The van der Waals surface area contributed by atoms with Gasteiger partial charge in [0.2, 0.25) is 0 Å². The molecule has 0 saturated heterocycles. The summed E-state index contributed by atoms with van der Waals surface area (Å²) in [4.78, 5) is 10.9. The standard InChI is InChI=1S/C13H13BrN2O4/c1-6-4-9(19-2)12(20-3)10(11(6)14)7-5-8(13(17)18)16-15-7/h4-5H,1-3H3,(H,15,16)(H,17,18). The van der Waals surface area contributed by atoms with E-state index in [-0.39, 0.29) is 5.69 Å². The number of nitrogens with zero attached hydrogens (tertiary/aromatic N) is 1. The number of aromatic amines is 1. The average molecular weight is 341 g/mol. The average Bonchev–Trinajstić information content (AvgIpc) is 2.90. The van der Waals surface area contributed by atoms with Crippen LogP contribution in [0.15, 0.2) is 16.6 Å². The largest absolute Gasteiger partial charge is 0.493 e. The Hall–Kier alpha value is -2.02. The minimum Gasteiger partial charge on any atom is -0.493 e. The maximum atomic E-state index is 10.9. The van der Waals surface area contributed by atoms with Gasteiger partial charge in [-0.1, -0.05) is 0 Å². The summed E-state index contributed by atoms with van der Waals surface area (Å²) < 4.78 is 11.4. The molecule has 2 aromatic rings. The number of rotatable bonds is 4. The van der Waals surface area contributed by atoms with Gasteiger partial charge in [0.25, 0.3) is 0 Å². The zero-order valence-electron chi connectivity index (χ0n) is 11.2. The molecule has 0 bridgehead atoms. The van der Waals surface area contributed by atoms with Crippen molar-refractivity contribution in [2.24, 2.45) is 0 Å². The number of carbonyl (C=O) groups is 1. The van der Waals surface area contributed by atoms with Crippen molar-refractivity contribution >= 4 is 21.9 Å². The van der Waals surface area contributed by atoms with Gasteiger partial charge >= 0.3 is 5.97 Å². The molecule has 1 aromatic carbocycles. The molecule has 2 N–H and O–H groups in total. The minimum absolute atomic E-state index is 0.00873. The molecule has 0 fully saturated rings. The molecule has 6 nitrogen and oxygen atoms in total. The van der Waals surface area contributed by atoms with Crippen LogP contribution in [0.4, 0.5) is 0 Å². The number of carboxylic acids is 1. The Kier molecular flexibility index (Phi) is 3.99. The summed E-state index contributed by atoms with van der Waals surface area (Å²) in [7, 11) is 3.07. The highest BCUT2D eigenvalue weighted by Gasteiger charge is 2.21. The van der Waals surface area contributed by atoms with Crippen molar-refractivity contribution in [1.82, 2.24) is 10.2 Å². The van der Waals surface area contributed by atoms with Crippen molar-refractivity contribution in [2.75, 3.05) is 14.2 Å². The minimum atomic E-state index is -1.07. The SMILES string of the molecule is COc1cc(C)c(Br)c(-c2cc(C(=O)O)[nH]n2)c1OC.